The third-order valence-corrected chi connectivity index (χ3v) is 6.47. The number of ether oxygens (including phenoxy) is 1. The molecule has 4 heterocycles. The van der Waals surface area contributed by atoms with Gasteiger partial charge in [-0.3, -0.25) is 4.90 Å². The molecule has 3 N–H and O–H groups in total. The molecule has 0 saturated carbocycles. The summed E-state index contributed by atoms with van der Waals surface area (Å²) >= 11 is 1.47. The summed E-state index contributed by atoms with van der Waals surface area (Å²) in [4.78, 5) is 22.5. The highest BCUT2D eigenvalue weighted by Gasteiger charge is 2.35. The number of anilines is 4. The molecule has 13 heteroatoms. The second-order valence-corrected chi connectivity index (χ2v) is 9.02. The van der Waals surface area contributed by atoms with Crippen molar-refractivity contribution in [2.45, 2.75) is 26.6 Å². The molecular weight excluding hydrogens is 481 g/mol. The predicted molar refractivity (Wildman–Crippen MR) is 130 cm³/mol. The minimum Gasteiger partial charge on any atom is -0.384 e. The molecule has 0 spiro atoms. The number of nitrogens with one attached hydrogen (secondary N) is 1. The third-order valence-electron chi connectivity index (χ3n) is 5.58. The van der Waals surface area contributed by atoms with Crippen LogP contribution in [0.25, 0.3) is 11.3 Å². The number of rotatable bonds is 8. The van der Waals surface area contributed by atoms with Gasteiger partial charge in [-0.1, -0.05) is 13.8 Å². The van der Waals surface area contributed by atoms with E-state index < -0.39 is 11.7 Å². The van der Waals surface area contributed by atoms with Crippen molar-refractivity contribution in [3.05, 3.63) is 35.0 Å². The van der Waals surface area contributed by atoms with E-state index in [1.54, 1.807) is 6.20 Å². The van der Waals surface area contributed by atoms with Crippen molar-refractivity contribution in [1.29, 1.82) is 0 Å². The number of hydrogen-bond donors (Lipinski definition) is 2. The Morgan fingerprint density at radius 2 is 1.86 bits per heavy atom. The quantitative estimate of drug-likeness (QED) is 0.467. The molecule has 0 radical (unpaired) electrons. The van der Waals surface area contributed by atoms with Gasteiger partial charge < -0.3 is 20.7 Å². The second-order valence-electron chi connectivity index (χ2n) is 7.91. The van der Waals surface area contributed by atoms with E-state index in [0.29, 0.717) is 43.2 Å². The first-order valence-corrected chi connectivity index (χ1v) is 12.1. The Balaban J connectivity index is 1.71. The highest BCUT2D eigenvalue weighted by Crippen LogP contribution is 2.38. The summed E-state index contributed by atoms with van der Waals surface area (Å²) in [5.41, 5.74) is 4.56. The van der Waals surface area contributed by atoms with E-state index in [0.717, 1.165) is 36.8 Å². The zero-order valence-corrected chi connectivity index (χ0v) is 20.3. The number of aromatic nitrogens is 4. The van der Waals surface area contributed by atoms with Crippen LogP contribution in [-0.4, -0.2) is 64.2 Å². The summed E-state index contributed by atoms with van der Waals surface area (Å²) in [5, 5.41) is 3.74. The Bertz CT molecular complexity index is 1150. The number of halogens is 3. The molecule has 1 fully saturated rings. The van der Waals surface area contributed by atoms with Gasteiger partial charge >= 0.3 is 6.18 Å². The summed E-state index contributed by atoms with van der Waals surface area (Å²) in [7, 11) is 0. The van der Waals surface area contributed by atoms with Crippen molar-refractivity contribution in [2.24, 2.45) is 0 Å². The summed E-state index contributed by atoms with van der Waals surface area (Å²) in [6.07, 6.45) is -1.74. The van der Waals surface area contributed by atoms with Crippen molar-refractivity contribution >= 4 is 34.1 Å². The van der Waals surface area contributed by atoms with Crippen LogP contribution in [0.15, 0.2) is 24.5 Å². The van der Waals surface area contributed by atoms with Gasteiger partial charge in [0.2, 0.25) is 5.95 Å². The zero-order valence-electron chi connectivity index (χ0n) is 19.5. The van der Waals surface area contributed by atoms with Crippen LogP contribution in [0.2, 0.25) is 0 Å². The van der Waals surface area contributed by atoms with Crippen LogP contribution in [-0.2, 0) is 17.5 Å². The third kappa shape index (κ3) is 6.16. The molecule has 35 heavy (non-hydrogen) atoms. The molecule has 1 saturated heterocycles. The van der Waals surface area contributed by atoms with Crippen LogP contribution in [0.5, 0.6) is 0 Å². The fourth-order valence-electron chi connectivity index (χ4n) is 3.67. The van der Waals surface area contributed by atoms with Crippen molar-refractivity contribution in [2.75, 3.05) is 55.3 Å². The smallest absolute Gasteiger partial charge is 0.384 e. The monoisotopic (exact) mass is 508 g/mol. The Hall–Kier alpha value is -3.03. The Kier molecular flexibility index (Phi) is 7.67. The number of thiazole rings is 1. The highest BCUT2D eigenvalue weighted by atomic mass is 32.1. The normalized spacial score (nSPS) is 14.5. The number of morpholine rings is 1. The minimum absolute atomic E-state index is 0.0868. The van der Waals surface area contributed by atoms with Crippen LogP contribution in [0.1, 0.15) is 24.3 Å². The van der Waals surface area contributed by atoms with Gasteiger partial charge in [0.25, 0.3) is 0 Å². The van der Waals surface area contributed by atoms with Gasteiger partial charge in [0.1, 0.15) is 11.6 Å². The van der Waals surface area contributed by atoms with E-state index in [4.69, 9.17) is 10.5 Å². The Morgan fingerprint density at radius 1 is 1.11 bits per heavy atom. The molecule has 1 aliphatic rings. The zero-order chi connectivity index (χ0) is 25.0. The molecule has 188 valence electrons. The highest BCUT2D eigenvalue weighted by molar-refractivity contribution is 7.15. The van der Waals surface area contributed by atoms with E-state index in [-0.39, 0.29) is 17.1 Å². The minimum atomic E-state index is -4.63. The molecule has 4 rings (SSSR count). The maximum Gasteiger partial charge on any atom is 0.417 e. The van der Waals surface area contributed by atoms with Crippen LogP contribution in [0.3, 0.4) is 0 Å². The van der Waals surface area contributed by atoms with Crippen molar-refractivity contribution in [1.82, 2.24) is 24.8 Å². The van der Waals surface area contributed by atoms with E-state index in [9.17, 15) is 13.2 Å². The molecule has 1 aliphatic heterocycles. The van der Waals surface area contributed by atoms with Gasteiger partial charge in [0.05, 0.1) is 24.5 Å². The second kappa shape index (κ2) is 10.7. The van der Waals surface area contributed by atoms with E-state index >= 15 is 0 Å². The molecule has 3 aromatic rings. The van der Waals surface area contributed by atoms with Gasteiger partial charge in [0, 0.05) is 48.5 Å². The van der Waals surface area contributed by atoms with Gasteiger partial charge in [-0.2, -0.15) is 18.2 Å². The molecule has 0 aromatic carbocycles. The average molecular weight is 509 g/mol. The predicted octanol–water partition coefficient (Wildman–Crippen LogP) is 4.02. The first-order chi connectivity index (χ1) is 16.8. The lowest BCUT2D eigenvalue weighted by atomic mass is 10.1. The maximum absolute atomic E-state index is 13.8. The number of pyridine rings is 1. The SMILES string of the molecule is CCN(CC)Cc1cnc(Nc2cc(-c3cnc(N)cc3C(F)(F)F)nc(N3CCOCC3)n2)s1. The molecule has 0 unspecified atom stereocenters. The van der Waals surface area contributed by atoms with Gasteiger partial charge in [-0.25, -0.2) is 15.0 Å². The first kappa shape index (κ1) is 25.1. The molecule has 9 nitrogen and oxygen atoms in total. The largest absolute Gasteiger partial charge is 0.417 e. The van der Waals surface area contributed by atoms with Gasteiger partial charge in [-0.15, -0.1) is 11.3 Å². The number of nitrogens with zero attached hydrogens (tertiary/aromatic N) is 6. The number of hydrogen-bond acceptors (Lipinski definition) is 10. The summed E-state index contributed by atoms with van der Waals surface area (Å²) in [6, 6.07) is 2.29. The summed E-state index contributed by atoms with van der Waals surface area (Å²) in [6.45, 7) is 8.83. The molecule has 0 atom stereocenters. The van der Waals surface area contributed by atoms with Crippen LogP contribution in [0, 0.1) is 0 Å². The Labute approximate surface area is 205 Å². The van der Waals surface area contributed by atoms with Crippen molar-refractivity contribution in [3.8, 4) is 11.3 Å². The fourth-order valence-corrected chi connectivity index (χ4v) is 4.53. The standard InChI is InChI=1S/C22H27F3N8OS/c1-3-32(4-2)13-14-11-28-21(35-14)31-19-10-17(29-20(30-19)33-5-7-34-8-6-33)15-12-27-18(26)9-16(15)22(23,24)25/h9-12H,3-8,13H2,1-2H3,(H2,26,27)(H,28,29,30,31). The van der Waals surface area contributed by atoms with Crippen molar-refractivity contribution < 1.29 is 17.9 Å². The molecule has 0 bridgehead atoms. The lowest BCUT2D eigenvalue weighted by molar-refractivity contribution is -0.137. The van der Waals surface area contributed by atoms with Crippen molar-refractivity contribution in [3.63, 3.8) is 0 Å². The topological polar surface area (TPSA) is 105 Å². The fraction of sp³-hybridized carbons (Fsp3) is 0.455. The van der Waals surface area contributed by atoms with Gasteiger partial charge in [-0.05, 0) is 19.2 Å². The first-order valence-electron chi connectivity index (χ1n) is 11.3. The average Bonchev–Trinajstić information content (AvgIpc) is 3.29. The van der Waals surface area contributed by atoms with Crippen LogP contribution >= 0.6 is 11.3 Å². The van der Waals surface area contributed by atoms with Crippen LogP contribution in [0.4, 0.5) is 35.9 Å². The van der Waals surface area contributed by atoms with E-state index in [1.807, 2.05) is 4.90 Å². The molecule has 0 amide bonds. The lowest BCUT2D eigenvalue weighted by Crippen LogP contribution is -2.37. The molecule has 0 aliphatic carbocycles. The molecular formula is C22H27F3N8OS. The van der Waals surface area contributed by atoms with E-state index in [1.165, 1.54) is 17.4 Å². The summed E-state index contributed by atoms with van der Waals surface area (Å²) in [5.74, 6) is 0.425. The molecule has 3 aromatic heterocycles. The Morgan fingerprint density at radius 3 is 2.54 bits per heavy atom. The lowest BCUT2D eigenvalue weighted by Gasteiger charge is -2.27. The number of alkyl halides is 3. The van der Waals surface area contributed by atoms with E-state index in [2.05, 4.69) is 44.0 Å². The van der Waals surface area contributed by atoms with Gasteiger partial charge in [0.15, 0.2) is 5.13 Å². The van der Waals surface area contributed by atoms with Crippen LogP contribution < -0.4 is 16.0 Å². The number of nitrogen functional groups attached to an aromatic ring is 1. The number of nitrogens with two attached hydrogens (primary N) is 1. The summed E-state index contributed by atoms with van der Waals surface area (Å²) < 4.78 is 46.8. The maximum atomic E-state index is 13.8.